The molecular formula is C19H20F2N4O. The third kappa shape index (κ3) is 5.74. The number of rotatable bonds is 6. The Balaban J connectivity index is 1.85. The number of ether oxygens (including phenoxy) is 1. The van der Waals surface area contributed by atoms with Crippen LogP contribution in [0.3, 0.4) is 0 Å². The van der Waals surface area contributed by atoms with Crippen molar-refractivity contribution in [1.29, 1.82) is 5.26 Å². The van der Waals surface area contributed by atoms with Gasteiger partial charge in [0, 0.05) is 25.2 Å². The molecule has 0 heterocycles. The van der Waals surface area contributed by atoms with E-state index in [1.54, 1.807) is 19.2 Å². The normalized spacial score (nSPS) is 12.2. The highest BCUT2D eigenvalue weighted by Crippen LogP contribution is 2.13. The van der Waals surface area contributed by atoms with Crippen molar-refractivity contribution in [2.24, 2.45) is 4.99 Å². The fraction of sp³-hybridized carbons (Fsp3) is 0.263. The van der Waals surface area contributed by atoms with Crippen LogP contribution in [0.15, 0.2) is 47.5 Å². The van der Waals surface area contributed by atoms with Gasteiger partial charge in [0.25, 0.3) is 0 Å². The SMILES string of the molecule is CN=C(NCc1cc(C#N)ccc1F)NCC(C)Oc1cccc(F)c1. The Morgan fingerprint density at radius 1 is 1.23 bits per heavy atom. The number of hydrogen-bond acceptors (Lipinski definition) is 3. The van der Waals surface area contributed by atoms with Crippen LogP contribution in [0.4, 0.5) is 8.78 Å². The molecule has 0 spiro atoms. The fourth-order valence-corrected chi connectivity index (χ4v) is 2.23. The second kappa shape index (κ2) is 9.37. The number of hydrogen-bond donors (Lipinski definition) is 2. The van der Waals surface area contributed by atoms with Gasteiger partial charge in [-0.2, -0.15) is 5.26 Å². The van der Waals surface area contributed by atoms with Crippen LogP contribution in [0.2, 0.25) is 0 Å². The number of nitrogens with one attached hydrogen (secondary N) is 2. The van der Waals surface area contributed by atoms with Crippen molar-refractivity contribution in [1.82, 2.24) is 10.6 Å². The Morgan fingerprint density at radius 2 is 2.04 bits per heavy atom. The summed E-state index contributed by atoms with van der Waals surface area (Å²) in [4.78, 5) is 4.06. The zero-order valence-electron chi connectivity index (χ0n) is 14.6. The summed E-state index contributed by atoms with van der Waals surface area (Å²) in [6.45, 7) is 2.43. The minimum Gasteiger partial charge on any atom is -0.489 e. The number of guanidine groups is 1. The Hall–Kier alpha value is -3.14. The van der Waals surface area contributed by atoms with E-state index < -0.39 is 5.82 Å². The molecule has 0 aliphatic rings. The summed E-state index contributed by atoms with van der Waals surface area (Å²) in [6.07, 6.45) is -0.242. The minimum absolute atomic E-state index is 0.181. The summed E-state index contributed by atoms with van der Waals surface area (Å²) >= 11 is 0. The van der Waals surface area contributed by atoms with Crippen LogP contribution in [0, 0.1) is 23.0 Å². The molecule has 1 unspecified atom stereocenters. The second-order valence-electron chi connectivity index (χ2n) is 5.61. The van der Waals surface area contributed by atoms with E-state index >= 15 is 0 Å². The van der Waals surface area contributed by atoms with E-state index in [-0.39, 0.29) is 18.5 Å². The van der Waals surface area contributed by atoms with E-state index in [4.69, 9.17) is 10.00 Å². The first-order valence-electron chi connectivity index (χ1n) is 8.07. The van der Waals surface area contributed by atoms with Gasteiger partial charge in [0.2, 0.25) is 0 Å². The second-order valence-corrected chi connectivity index (χ2v) is 5.61. The lowest BCUT2D eigenvalue weighted by molar-refractivity contribution is 0.223. The predicted molar refractivity (Wildman–Crippen MR) is 95.8 cm³/mol. The number of benzene rings is 2. The van der Waals surface area contributed by atoms with Crippen molar-refractivity contribution in [2.45, 2.75) is 19.6 Å². The van der Waals surface area contributed by atoms with Gasteiger partial charge in [-0.1, -0.05) is 6.07 Å². The van der Waals surface area contributed by atoms with Gasteiger partial charge in [-0.25, -0.2) is 8.78 Å². The monoisotopic (exact) mass is 358 g/mol. The Bertz CT molecular complexity index is 817. The predicted octanol–water partition coefficient (Wildman–Crippen LogP) is 2.97. The molecule has 136 valence electrons. The van der Waals surface area contributed by atoms with Crippen LogP contribution < -0.4 is 15.4 Å². The van der Waals surface area contributed by atoms with E-state index in [1.165, 1.54) is 30.3 Å². The smallest absolute Gasteiger partial charge is 0.191 e. The van der Waals surface area contributed by atoms with E-state index in [9.17, 15) is 8.78 Å². The van der Waals surface area contributed by atoms with Crippen LogP contribution >= 0.6 is 0 Å². The molecule has 1 atom stereocenters. The highest BCUT2D eigenvalue weighted by Gasteiger charge is 2.08. The van der Waals surface area contributed by atoms with Gasteiger partial charge >= 0.3 is 0 Å². The lowest BCUT2D eigenvalue weighted by atomic mass is 10.1. The summed E-state index contributed by atoms with van der Waals surface area (Å²) < 4.78 is 32.6. The fourth-order valence-electron chi connectivity index (χ4n) is 2.23. The molecule has 0 aliphatic carbocycles. The van der Waals surface area contributed by atoms with Crippen LogP contribution in [0.1, 0.15) is 18.1 Å². The van der Waals surface area contributed by atoms with Gasteiger partial charge in [-0.15, -0.1) is 0 Å². The summed E-state index contributed by atoms with van der Waals surface area (Å²) in [5.74, 6) is 0.149. The number of halogens is 2. The maximum Gasteiger partial charge on any atom is 0.191 e. The highest BCUT2D eigenvalue weighted by atomic mass is 19.1. The van der Waals surface area contributed by atoms with Crippen LogP contribution in [-0.2, 0) is 6.54 Å². The Labute approximate surface area is 151 Å². The highest BCUT2D eigenvalue weighted by molar-refractivity contribution is 5.79. The van der Waals surface area contributed by atoms with Gasteiger partial charge in [0.15, 0.2) is 5.96 Å². The number of nitriles is 1. The van der Waals surface area contributed by atoms with Crippen molar-refractivity contribution in [2.75, 3.05) is 13.6 Å². The maximum absolute atomic E-state index is 13.8. The average molecular weight is 358 g/mol. The molecule has 0 saturated carbocycles. The zero-order chi connectivity index (χ0) is 18.9. The third-order valence-corrected chi connectivity index (χ3v) is 3.54. The first-order valence-corrected chi connectivity index (χ1v) is 8.07. The molecule has 2 aromatic carbocycles. The molecule has 0 radical (unpaired) electrons. The molecule has 5 nitrogen and oxygen atoms in total. The molecule has 0 aliphatic heterocycles. The van der Waals surface area contributed by atoms with Crippen molar-refractivity contribution in [3.8, 4) is 11.8 Å². The van der Waals surface area contributed by atoms with Gasteiger partial charge in [-0.05, 0) is 37.3 Å². The van der Waals surface area contributed by atoms with Gasteiger partial charge in [0.05, 0.1) is 18.2 Å². The molecule has 2 rings (SSSR count). The van der Waals surface area contributed by atoms with E-state index in [2.05, 4.69) is 15.6 Å². The molecule has 0 aromatic heterocycles. The van der Waals surface area contributed by atoms with E-state index in [0.29, 0.717) is 29.4 Å². The Kier molecular flexibility index (Phi) is 6.92. The molecule has 7 heteroatoms. The average Bonchev–Trinajstić information content (AvgIpc) is 2.63. The molecule has 2 aromatic rings. The van der Waals surface area contributed by atoms with Crippen LogP contribution in [-0.4, -0.2) is 25.7 Å². The lowest BCUT2D eigenvalue weighted by Gasteiger charge is -2.18. The first kappa shape index (κ1) is 19.2. The molecule has 26 heavy (non-hydrogen) atoms. The third-order valence-electron chi connectivity index (χ3n) is 3.54. The van der Waals surface area contributed by atoms with Crippen molar-refractivity contribution in [3.05, 3.63) is 65.2 Å². The van der Waals surface area contributed by atoms with Gasteiger partial charge in [-0.3, -0.25) is 4.99 Å². The largest absolute Gasteiger partial charge is 0.489 e. The molecule has 0 fully saturated rings. The summed E-state index contributed by atoms with van der Waals surface area (Å²) in [6, 6.07) is 12.1. The first-order chi connectivity index (χ1) is 12.5. The van der Waals surface area contributed by atoms with Crippen molar-refractivity contribution < 1.29 is 13.5 Å². The molecule has 0 amide bonds. The number of nitrogens with zero attached hydrogens (tertiary/aromatic N) is 2. The Morgan fingerprint density at radius 3 is 2.73 bits per heavy atom. The molecular weight excluding hydrogens is 338 g/mol. The van der Waals surface area contributed by atoms with E-state index in [1.807, 2.05) is 13.0 Å². The topological polar surface area (TPSA) is 69.4 Å². The molecule has 2 N–H and O–H groups in total. The van der Waals surface area contributed by atoms with E-state index in [0.717, 1.165) is 0 Å². The van der Waals surface area contributed by atoms with Gasteiger partial charge in [0.1, 0.15) is 23.5 Å². The van der Waals surface area contributed by atoms with Crippen molar-refractivity contribution >= 4 is 5.96 Å². The minimum atomic E-state index is -0.394. The quantitative estimate of drug-likeness (QED) is 0.615. The molecule has 0 saturated heterocycles. The maximum atomic E-state index is 13.8. The van der Waals surface area contributed by atoms with Crippen LogP contribution in [0.25, 0.3) is 0 Å². The van der Waals surface area contributed by atoms with Gasteiger partial charge < -0.3 is 15.4 Å². The number of aliphatic imine (C=N–C) groups is 1. The summed E-state index contributed by atoms with van der Waals surface area (Å²) in [5.41, 5.74) is 0.763. The zero-order valence-corrected chi connectivity index (χ0v) is 14.6. The molecule has 0 bridgehead atoms. The summed E-state index contributed by atoms with van der Waals surface area (Å²) in [5, 5.41) is 14.9. The standard InChI is InChI=1S/C19H20F2N4O/c1-13(26-17-5-3-4-16(20)9-17)11-24-19(23-2)25-12-15-8-14(10-22)6-7-18(15)21/h3-9,13H,11-12H2,1-2H3,(H2,23,24,25). The summed E-state index contributed by atoms with van der Waals surface area (Å²) in [7, 11) is 1.59. The lowest BCUT2D eigenvalue weighted by Crippen LogP contribution is -2.41. The van der Waals surface area contributed by atoms with Crippen LogP contribution in [0.5, 0.6) is 5.75 Å². The van der Waals surface area contributed by atoms with Crippen molar-refractivity contribution in [3.63, 3.8) is 0 Å².